The minimum atomic E-state index is -4.14. The first-order chi connectivity index (χ1) is 9.66. The Bertz CT molecular complexity index is 379. The molecule has 0 radical (unpaired) electrons. The van der Waals surface area contributed by atoms with Crippen LogP contribution in [0.5, 0.6) is 0 Å². The molecule has 0 saturated heterocycles. The lowest BCUT2D eigenvalue weighted by Gasteiger charge is -2.33. The summed E-state index contributed by atoms with van der Waals surface area (Å²) in [5.74, 6) is -1.72. The van der Waals surface area contributed by atoms with Crippen molar-refractivity contribution in [3.8, 4) is 0 Å². The van der Waals surface area contributed by atoms with Crippen LogP contribution in [0.3, 0.4) is 0 Å². The lowest BCUT2D eigenvalue weighted by molar-refractivity contribution is -0.185. The van der Waals surface area contributed by atoms with Crippen LogP contribution < -0.4 is 5.73 Å². The Kier molecular flexibility index (Phi) is 6.43. The van der Waals surface area contributed by atoms with Gasteiger partial charge in [0, 0.05) is 24.9 Å². The molecule has 1 saturated carbocycles. The normalized spacial score (nSPS) is 24.4. The largest absolute Gasteiger partial charge is 0.393 e. The molecule has 1 atom stereocenters. The number of nitrogens with zero attached hydrogens (tertiary/aromatic N) is 1. The van der Waals surface area contributed by atoms with E-state index in [1.165, 1.54) is 0 Å². The number of amides is 1. The molecule has 2 N–H and O–H groups in total. The van der Waals surface area contributed by atoms with Crippen LogP contribution in [0.1, 0.15) is 39.5 Å². The first-order valence-electron chi connectivity index (χ1n) is 7.31. The molecular weight excluding hydrogens is 301 g/mol. The fourth-order valence-electron chi connectivity index (χ4n) is 2.72. The van der Waals surface area contributed by atoms with Crippen LogP contribution in [0.25, 0.3) is 0 Å². The summed E-state index contributed by atoms with van der Waals surface area (Å²) in [6.45, 7) is 4.65. The van der Waals surface area contributed by atoms with Gasteiger partial charge in [-0.05, 0) is 32.6 Å². The van der Waals surface area contributed by atoms with E-state index in [1.807, 2.05) is 13.8 Å². The van der Waals surface area contributed by atoms with Gasteiger partial charge in [-0.3, -0.25) is 4.79 Å². The number of hydrogen-bond donors (Lipinski definition) is 1. The Morgan fingerprint density at radius 2 is 1.86 bits per heavy atom. The summed E-state index contributed by atoms with van der Waals surface area (Å²) in [7, 11) is 0. The van der Waals surface area contributed by atoms with Crippen molar-refractivity contribution in [1.82, 2.24) is 4.90 Å². The van der Waals surface area contributed by atoms with E-state index in [0.29, 0.717) is 30.9 Å². The standard InChI is InChI=1S/C14H23F3N2OS/c1-3-19(8-9(2)12(18)21)13(20)10-4-6-11(7-5-10)14(15,16)17/h9-11H,3-8H2,1-2H3,(H2,18,21). The highest BCUT2D eigenvalue weighted by atomic mass is 32.1. The molecule has 1 rings (SSSR count). The van der Waals surface area contributed by atoms with Crippen LogP contribution in [0.15, 0.2) is 0 Å². The van der Waals surface area contributed by atoms with Crippen molar-refractivity contribution in [2.45, 2.75) is 45.7 Å². The van der Waals surface area contributed by atoms with Crippen LogP contribution in [0.2, 0.25) is 0 Å². The van der Waals surface area contributed by atoms with E-state index in [2.05, 4.69) is 0 Å². The molecule has 0 aromatic heterocycles. The van der Waals surface area contributed by atoms with Gasteiger partial charge >= 0.3 is 6.18 Å². The van der Waals surface area contributed by atoms with Crippen molar-refractivity contribution in [2.75, 3.05) is 13.1 Å². The van der Waals surface area contributed by atoms with Crippen LogP contribution >= 0.6 is 12.2 Å². The lowest BCUT2D eigenvalue weighted by atomic mass is 9.81. The highest BCUT2D eigenvalue weighted by molar-refractivity contribution is 7.80. The summed E-state index contributed by atoms with van der Waals surface area (Å²) >= 11 is 4.90. The van der Waals surface area contributed by atoms with Gasteiger partial charge < -0.3 is 10.6 Å². The average molecular weight is 324 g/mol. The molecule has 0 heterocycles. The number of hydrogen-bond acceptors (Lipinski definition) is 2. The SMILES string of the molecule is CCN(CC(C)C(N)=S)C(=O)C1CCC(C(F)(F)F)CC1. The van der Waals surface area contributed by atoms with Gasteiger partial charge in [0.15, 0.2) is 0 Å². The van der Waals surface area contributed by atoms with Crippen molar-refractivity contribution in [3.05, 3.63) is 0 Å². The number of carbonyl (C=O) groups excluding carboxylic acids is 1. The number of carbonyl (C=O) groups is 1. The van der Waals surface area contributed by atoms with Gasteiger partial charge in [0.2, 0.25) is 5.91 Å². The fraction of sp³-hybridized carbons (Fsp3) is 0.857. The van der Waals surface area contributed by atoms with Gasteiger partial charge in [0.1, 0.15) is 0 Å². The maximum atomic E-state index is 12.6. The van der Waals surface area contributed by atoms with E-state index < -0.39 is 12.1 Å². The number of rotatable bonds is 5. The van der Waals surface area contributed by atoms with E-state index >= 15 is 0 Å². The van der Waals surface area contributed by atoms with Gasteiger partial charge in [-0.1, -0.05) is 19.1 Å². The summed E-state index contributed by atoms with van der Waals surface area (Å²) < 4.78 is 37.9. The van der Waals surface area contributed by atoms with Crippen LogP contribution in [-0.4, -0.2) is 35.1 Å². The van der Waals surface area contributed by atoms with E-state index in [-0.39, 0.29) is 30.6 Å². The van der Waals surface area contributed by atoms with E-state index in [0.717, 1.165) is 0 Å². The number of thiocarbonyl (C=S) groups is 1. The molecular formula is C14H23F3N2OS. The molecule has 1 aliphatic carbocycles. The first kappa shape index (κ1) is 18.2. The summed E-state index contributed by atoms with van der Waals surface area (Å²) in [6, 6.07) is 0. The second-order valence-electron chi connectivity index (χ2n) is 5.77. The zero-order valence-corrected chi connectivity index (χ0v) is 13.3. The monoisotopic (exact) mass is 324 g/mol. The van der Waals surface area contributed by atoms with Gasteiger partial charge in [0.05, 0.1) is 10.9 Å². The highest BCUT2D eigenvalue weighted by Gasteiger charge is 2.42. The Morgan fingerprint density at radius 3 is 2.24 bits per heavy atom. The molecule has 0 aromatic rings. The Hall–Kier alpha value is -0.850. The maximum absolute atomic E-state index is 12.6. The quantitative estimate of drug-likeness (QED) is 0.790. The smallest absolute Gasteiger partial charge is 0.391 e. The Labute approximate surface area is 129 Å². The van der Waals surface area contributed by atoms with Gasteiger partial charge in [0.25, 0.3) is 0 Å². The third-order valence-electron chi connectivity index (χ3n) is 4.21. The zero-order chi connectivity index (χ0) is 16.2. The molecule has 1 unspecified atom stereocenters. The predicted molar refractivity (Wildman–Crippen MR) is 79.7 cm³/mol. The molecule has 0 spiro atoms. The molecule has 0 aromatic carbocycles. The van der Waals surface area contributed by atoms with Crippen molar-refractivity contribution in [3.63, 3.8) is 0 Å². The molecule has 0 bridgehead atoms. The topological polar surface area (TPSA) is 46.3 Å². The lowest BCUT2D eigenvalue weighted by Crippen LogP contribution is -2.42. The minimum Gasteiger partial charge on any atom is -0.393 e. The maximum Gasteiger partial charge on any atom is 0.391 e. The fourth-order valence-corrected chi connectivity index (χ4v) is 2.80. The number of halogens is 3. The van der Waals surface area contributed by atoms with Crippen molar-refractivity contribution in [2.24, 2.45) is 23.5 Å². The Morgan fingerprint density at radius 1 is 1.33 bits per heavy atom. The molecule has 3 nitrogen and oxygen atoms in total. The van der Waals surface area contributed by atoms with Crippen LogP contribution in [0, 0.1) is 17.8 Å². The summed E-state index contributed by atoms with van der Waals surface area (Å²) in [6.07, 6.45) is -3.44. The van der Waals surface area contributed by atoms with Crippen molar-refractivity contribution >= 4 is 23.1 Å². The Balaban J connectivity index is 2.57. The van der Waals surface area contributed by atoms with E-state index in [9.17, 15) is 18.0 Å². The van der Waals surface area contributed by atoms with Gasteiger partial charge in [-0.25, -0.2) is 0 Å². The van der Waals surface area contributed by atoms with Gasteiger partial charge in [-0.2, -0.15) is 13.2 Å². The molecule has 0 aliphatic heterocycles. The summed E-state index contributed by atoms with van der Waals surface area (Å²) in [5, 5.41) is 0. The first-order valence-corrected chi connectivity index (χ1v) is 7.72. The predicted octanol–water partition coefficient (Wildman–Crippen LogP) is 3.13. The molecule has 1 fully saturated rings. The van der Waals surface area contributed by atoms with Gasteiger partial charge in [-0.15, -0.1) is 0 Å². The number of alkyl halides is 3. The number of nitrogens with two attached hydrogens (primary N) is 1. The van der Waals surface area contributed by atoms with Crippen LogP contribution in [-0.2, 0) is 4.79 Å². The third kappa shape index (κ3) is 5.13. The zero-order valence-electron chi connectivity index (χ0n) is 12.4. The summed E-state index contributed by atoms with van der Waals surface area (Å²) in [4.78, 5) is 14.4. The molecule has 7 heteroatoms. The van der Waals surface area contributed by atoms with E-state index in [1.54, 1.807) is 4.90 Å². The molecule has 1 aliphatic rings. The molecule has 21 heavy (non-hydrogen) atoms. The third-order valence-corrected chi connectivity index (χ3v) is 4.62. The van der Waals surface area contributed by atoms with E-state index in [4.69, 9.17) is 18.0 Å². The highest BCUT2D eigenvalue weighted by Crippen LogP contribution is 2.39. The van der Waals surface area contributed by atoms with Crippen molar-refractivity contribution < 1.29 is 18.0 Å². The average Bonchev–Trinajstić information content (AvgIpc) is 2.42. The van der Waals surface area contributed by atoms with Crippen LogP contribution in [0.4, 0.5) is 13.2 Å². The molecule has 1 amide bonds. The van der Waals surface area contributed by atoms with Crippen molar-refractivity contribution in [1.29, 1.82) is 0 Å². The molecule has 122 valence electrons. The summed E-state index contributed by atoms with van der Waals surface area (Å²) in [5.41, 5.74) is 5.55. The second kappa shape index (κ2) is 7.42. The minimum absolute atomic E-state index is 0.0440. The second-order valence-corrected chi connectivity index (χ2v) is 6.24.